The van der Waals surface area contributed by atoms with Crippen LogP contribution in [0, 0.1) is 11.3 Å². The third-order valence-corrected chi connectivity index (χ3v) is 3.95. The van der Waals surface area contributed by atoms with Gasteiger partial charge in [0.25, 0.3) is 0 Å². The highest BCUT2D eigenvalue weighted by molar-refractivity contribution is 5.55. The number of halogens is 3. The van der Waals surface area contributed by atoms with Gasteiger partial charge in [0.2, 0.25) is 0 Å². The van der Waals surface area contributed by atoms with Gasteiger partial charge in [-0.1, -0.05) is 0 Å². The summed E-state index contributed by atoms with van der Waals surface area (Å²) < 4.78 is 44.5. The molecule has 1 aliphatic heterocycles. The number of benzene rings is 1. The SMILES string of the molecule is COC1(C)CCCN(c2ccc(C#N)c(C(F)(F)F)c2)C1. The molecule has 0 amide bonds. The summed E-state index contributed by atoms with van der Waals surface area (Å²) >= 11 is 0. The van der Waals surface area contributed by atoms with Crippen LogP contribution in [0.1, 0.15) is 30.9 Å². The molecule has 0 N–H and O–H groups in total. The summed E-state index contributed by atoms with van der Waals surface area (Å²) in [5.41, 5.74) is -1.11. The fraction of sp³-hybridized carbons (Fsp3) is 0.533. The van der Waals surface area contributed by atoms with E-state index in [1.54, 1.807) is 19.2 Å². The van der Waals surface area contributed by atoms with E-state index in [4.69, 9.17) is 10.00 Å². The van der Waals surface area contributed by atoms with Crippen molar-refractivity contribution in [2.24, 2.45) is 0 Å². The topological polar surface area (TPSA) is 36.3 Å². The molecule has 1 aromatic rings. The van der Waals surface area contributed by atoms with Crippen LogP contribution in [-0.4, -0.2) is 25.8 Å². The monoisotopic (exact) mass is 298 g/mol. The Kier molecular flexibility index (Phi) is 4.15. The molecular weight excluding hydrogens is 281 g/mol. The highest BCUT2D eigenvalue weighted by atomic mass is 19.4. The fourth-order valence-corrected chi connectivity index (χ4v) is 2.65. The Morgan fingerprint density at radius 2 is 2.10 bits per heavy atom. The maximum atomic E-state index is 13.0. The van der Waals surface area contributed by atoms with Crippen LogP contribution in [0.4, 0.5) is 18.9 Å². The van der Waals surface area contributed by atoms with Gasteiger partial charge in [-0.15, -0.1) is 0 Å². The minimum Gasteiger partial charge on any atom is -0.377 e. The van der Waals surface area contributed by atoms with Crippen molar-refractivity contribution in [1.82, 2.24) is 0 Å². The van der Waals surface area contributed by atoms with Crippen molar-refractivity contribution in [2.75, 3.05) is 25.1 Å². The molecule has 1 fully saturated rings. The third-order valence-electron chi connectivity index (χ3n) is 3.95. The number of alkyl halides is 3. The number of anilines is 1. The van der Waals surface area contributed by atoms with Crippen LogP contribution in [0.5, 0.6) is 0 Å². The van der Waals surface area contributed by atoms with Gasteiger partial charge < -0.3 is 9.64 Å². The van der Waals surface area contributed by atoms with Crippen LogP contribution in [0.15, 0.2) is 18.2 Å². The Labute approximate surface area is 121 Å². The van der Waals surface area contributed by atoms with Gasteiger partial charge in [0.1, 0.15) is 0 Å². The van der Waals surface area contributed by atoms with E-state index in [0.29, 0.717) is 18.8 Å². The quantitative estimate of drug-likeness (QED) is 0.837. The average Bonchev–Trinajstić information content (AvgIpc) is 2.46. The lowest BCUT2D eigenvalue weighted by molar-refractivity contribution is -0.137. The number of hydrogen-bond donors (Lipinski definition) is 0. The summed E-state index contributed by atoms with van der Waals surface area (Å²) in [6.07, 6.45) is -2.80. The number of rotatable bonds is 2. The zero-order valence-electron chi connectivity index (χ0n) is 12.0. The Morgan fingerprint density at radius 3 is 2.67 bits per heavy atom. The van der Waals surface area contributed by atoms with Crippen LogP contribution in [0.2, 0.25) is 0 Å². The number of methoxy groups -OCH3 is 1. The average molecular weight is 298 g/mol. The van der Waals surface area contributed by atoms with Crippen molar-refractivity contribution < 1.29 is 17.9 Å². The van der Waals surface area contributed by atoms with E-state index in [-0.39, 0.29) is 11.2 Å². The second-order valence-corrected chi connectivity index (χ2v) is 5.52. The van der Waals surface area contributed by atoms with Gasteiger partial charge in [-0.2, -0.15) is 18.4 Å². The normalized spacial score (nSPS) is 23.0. The van der Waals surface area contributed by atoms with Crippen molar-refractivity contribution in [2.45, 2.75) is 31.5 Å². The van der Waals surface area contributed by atoms with E-state index >= 15 is 0 Å². The molecule has 114 valence electrons. The maximum absolute atomic E-state index is 13.0. The molecule has 6 heteroatoms. The van der Waals surface area contributed by atoms with Gasteiger partial charge in [-0.25, -0.2) is 0 Å². The molecular formula is C15H17F3N2O. The number of nitriles is 1. The summed E-state index contributed by atoms with van der Waals surface area (Å²) in [6, 6.07) is 5.45. The zero-order valence-corrected chi connectivity index (χ0v) is 12.0. The number of ether oxygens (including phenoxy) is 1. The van der Waals surface area contributed by atoms with Gasteiger partial charge in [-0.05, 0) is 38.0 Å². The first-order valence-corrected chi connectivity index (χ1v) is 6.70. The summed E-state index contributed by atoms with van der Waals surface area (Å²) in [5, 5.41) is 8.82. The van der Waals surface area contributed by atoms with Crippen molar-refractivity contribution >= 4 is 5.69 Å². The standard InChI is InChI=1S/C15H17F3N2O/c1-14(21-2)6-3-7-20(10-14)12-5-4-11(9-19)13(8-12)15(16,17)18/h4-5,8H,3,6-7,10H2,1-2H3. The zero-order chi connectivity index (χ0) is 15.7. The van der Waals surface area contributed by atoms with Gasteiger partial charge in [0, 0.05) is 25.9 Å². The van der Waals surface area contributed by atoms with Crippen molar-refractivity contribution in [1.29, 1.82) is 5.26 Å². The summed E-state index contributed by atoms with van der Waals surface area (Å²) in [7, 11) is 1.61. The molecule has 1 heterocycles. The smallest absolute Gasteiger partial charge is 0.377 e. The molecule has 1 aliphatic rings. The molecule has 1 unspecified atom stereocenters. The molecule has 2 rings (SSSR count). The fourth-order valence-electron chi connectivity index (χ4n) is 2.65. The predicted octanol–water partition coefficient (Wildman–Crippen LogP) is 3.58. The summed E-state index contributed by atoms with van der Waals surface area (Å²) in [4.78, 5) is 1.88. The Bertz CT molecular complexity index is 565. The van der Waals surface area contributed by atoms with E-state index in [1.165, 1.54) is 6.07 Å². The van der Waals surface area contributed by atoms with Gasteiger partial charge in [-0.3, -0.25) is 0 Å². The number of piperidine rings is 1. The van der Waals surface area contributed by atoms with Crippen LogP contribution in [0.3, 0.4) is 0 Å². The minimum atomic E-state index is -4.53. The maximum Gasteiger partial charge on any atom is 0.417 e. The van der Waals surface area contributed by atoms with Crippen LogP contribution >= 0.6 is 0 Å². The van der Waals surface area contributed by atoms with E-state index in [1.807, 2.05) is 11.8 Å². The van der Waals surface area contributed by atoms with Crippen LogP contribution in [-0.2, 0) is 10.9 Å². The van der Waals surface area contributed by atoms with Crippen molar-refractivity contribution in [3.63, 3.8) is 0 Å². The highest BCUT2D eigenvalue weighted by Gasteiger charge is 2.35. The molecule has 0 aromatic heterocycles. The first-order valence-electron chi connectivity index (χ1n) is 6.70. The molecule has 0 bridgehead atoms. The molecule has 0 aliphatic carbocycles. The van der Waals surface area contributed by atoms with Gasteiger partial charge in [0.05, 0.1) is 22.8 Å². The minimum absolute atomic E-state index is 0.349. The van der Waals surface area contributed by atoms with E-state index < -0.39 is 11.7 Å². The van der Waals surface area contributed by atoms with Crippen LogP contribution in [0.25, 0.3) is 0 Å². The van der Waals surface area contributed by atoms with E-state index in [2.05, 4.69) is 0 Å². The molecule has 0 spiro atoms. The van der Waals surface area contributed by atoms with Crippen molar-refractivity contribution in [3.8, 4) is 6.07 Å². The van der Waals surface area contributed by atoms with E-state index in [0.717, 1.165) is 18.9 Å². The van der Waals surface area contributed by atoms with Gasteiger partial charge in [0.15, 0.2) is 0 Å². The number of hydrogen-bond acceptors (Lipinski definition) is 3. The first-order chi connectivity index (χ1) is 9.79. The molecule has 0 saturated carbocycles. The lowest BCUT2D eigenvalue weighted by atomic mass is 9.94. The highest BCUT2D eigenvalue weighted by Crippen LogP contribution is 2.36. The number of nitrogens with zero attached hydrogens (tertiary/aromatic N) is 2. The van der Waals surface area contributed by atoms with E-state index in [9.17, 15) is 13.2 Å². The Morgan fingerprint density at radius 1 is 1.38 bits per heavy atom. The molecule has 1 aromatic carbocycles. The third kappa shape index (κ3) is 3.30. The van der Waals surface area contributed by atoms with Gasteiger partial charge >= 0.3 is 6.18 Å². The molecule has 1 atom stereocenters. The Balaban J connectivity index is 2.35. The summed E-state index contributed by atoms with van der Waals surface area (Å²) in [6.45, 7) is 3.17. The molecule has 3 nitrogen and oxygen atoms in total. The molecule has 1 saturated heterocycles. The van der Waals surface area contributed by atoms with Crippen molar-refractivity contribution in [3.05, 3.63) is 29.3 Å². The Hall–Kier alpha value is -1.74. The molecule has 0 radical (unpaired) electrons. The lowest BCUT2D eigenvalue weighted by Crippen LogP contribution is -2.47. The molecule has 21 heavy (non-hydrogen) atoms. The first kappa shape index (κ1) is 15.6. The predicted molar refractivity (Wildman–Crippen MR) is 73.0 cm³/mol. The largest absolute Gasteiger partial charge is 0.417 e. The second kappa shape index (κ2) is 5.57. The summed E-state index contributed by atoms with van der Waals surface area (Å²) in [5.74, 6) is 0. The second-order valence-electron chi connectivity index (χ2n) is 5.52. The van der Waals surface area contributed by atoms with Crippen LogP contribution < -0.4 is 4.90 Å². The lowest BCUT2D eigenvalue weighted by Gasteiger charge is -2.40.